The Morgan fingerprint density at radius 3 is 2.47 bits per heavy atom. The fourth-order valence-electron chi connectivity index (χ4n) is 1.50. The van der Waals surface area contributed by atoms with Crippen molar-refractivity contribution in [1.82, 2.24) is 0 Å². The van der Waals surface area contributed by atoms with Crippen LogP contribution in [-0.4, -0.2) is 5.91 Å². The lowest BCUT2D eigenvalue weighted by atomic mass is 10.2. The molecule has 0 bridgehead atoms. The highest BCUT2D eigenvalue weighted by atomic mass is 127. The Bertz CT molecular complexity index is 628. The number of nitrogens with one attached hydrogen (secondary N) is 1. The molecule has 0 aliphatic carbocycles. The Morgan fingerprint density at radius 2 is 1.84 bits per heavy atom. The Kier molecular flexibility index (Phi) is 4.36. The van der Waals surface area contributed by atoms with E-state index < -0.39 is 17.5 Å². The molecule has 0 saturated heterocycles. The van der Waals surface area contributed by atoms with Gasteiger partial charge in [0.2, 0.25) is 0 Å². The molecule has 2 aromatic carbocycles. The minimum absolute atomic E-state index is 0.184. The van der Waals surface area contributed by atoms with Crippen LogP contribution in [0.1, 0.15) is 10.4 Å². The van der Waals surface area contributed by atoms with Crippen molar-refractivity contribution in [2.24, 2.45) is 0 Å². The molecule has 2 nitrogen and oxygen atoms in total. The van der Waals surface area contributed by atoms with E-state index in [1.54, 1.807) is 0 Å². The van der Waals surface area contributed by atoms with Crippen molar-refractivity contribution in [1.29, 1.82) is 0 Å². The number of amides is 1. The molecule has 2 aromatic rings. The van der Waals surface area contributed by atoms with Crippen LogP contribution < -0.4 is 5.32 Å². The van der Waals surface area contributed by atoms with Crippen LogP contribution in [0.25, 0.3) is 0 Å². The van der Waals surface area contributed by atoms with Gasteiger partial charge in [0.15, 0.2) is 0 Å². The summed E-state index contributed by atoms with van der Waals surface area (Å²) in [5, 5.41) is 2.69. The normalized spacial score (nSPS) is 10.3. The first-order valence-corrected chi connectivity index (χ1v) is 6.64. The fourth-order valence-corrected chi connectivity index (χ4v) is 2.44. The van der Waals surface area contributed by atoms with Crippen molar-refractivity contribution in [2.75, 3.05) is 5.32 Å². The molecule has 2 rings (SSSR count). The van der Waals surface area contributed by atoms with Crippen LogP contribution in [0.2, 0.25) is 5.02 Å². The smallest absolute Gasteiger partial charge is 0.256 e. The van der Waals surface area contributed by atoms with Crippen LogP contribution in [-0.2, 0) is 0 Å². The number of benzene rings is 2. The summed E-state index contributed by atoms with van der Waals surface area (Å²) in [7, 11) is 0. The number of rotatable bonds is 2. The molecule has 0 fully saturated rings. The first-order chi connectivity index (χ1) is 8.95. The maximum atomic E-state index is 13.1. The molecule has 1 N–H and O–H groups in total. The topological polar surface area (TPSA) is 29.1 Å². The molecule has 0 aliphatic heterocycles. The van der Waals surface area contributed by atoms with E-state index in [1.165, 1.54) is 24.3 Å². The molecule has 6 heteroatoms. The SMILES string of the molecule is O=C(Nc1cc(F)cc(Cl)c1)c1ccc(F)cc1I. The summed E-state index contributed by atoms with van der Waals surface area (Å²) in [5.74, 6) is -1.42. The number of carbonyl (C=O) groups is 1. The molecule has 1 amide bonds. The average molecular weight is 394 g/mol. The zero-order chi connectivity index (χ0) is 14.0. The molecule has 19 heavy (non-hydrogen) atoms. The molecule has 0 aromatic heterocycles. The number of hydrogen-bond acceptors (Lipinski definition) is 1. The van der Waals surface area contributed by atoms with Gasteiger partial charge in [0.05, 0.1) is 5.56 Å². The summed E-state index contributed by atoms with van der Waals surface area (Å²) < 4.78 is 26.5. The molecule has 0 spiro atoms. The van der Waals surface area contributed by atoms with Crippen LogP contribution in [0.5, 0.6) is 0 Å². The van der Waals surface area contributed by atoms with Crippen molar-refractivity contribution in [3.05, 3.63) is 62.2 Å². The molecular weight excluding hydrogens is 387 g/mol. The lowest BCUT2D eigenvalue weighted by Crippen LogP contribution is -2.13. The van der Waals surface area contributed by atoms with E-state index >= 15 is 0 Å². The van der Waals surface area contributed by atoms with Crippen LogP contribution >= 0.6 is 34.2 Å². The minimum Gasteiger partial charge on any atom is -0.322 e. The molecular formula is C13H7ClF2INO. The van der Waals surface area contributed by atoms with Gasteiger partial charge in [0.1, 0.15) is 11.6 Å². The zero-order valence-corrected chi connectivity index (χ0v) is 12.3. The summed E-state index contributed by atoms with van der Waals surface area (Å²) in [4.78, 5) is 12.0. The van der Waals surface area contributed by atoms with Gasteiger partial charge in [0.25, 0.3) is 5.91 Å². The van der Waals surface area contributed by atoms with E-state index in [0.717, 1.165) is 12.1 Å². The van der Waals surface area contributed by atoms with Gasteiger partial charge in [-0.15, -0.1) is 0 Å². The predicted molar refractivity (Wildman–Crippen MR) is 78.5 cm³/mol. The van der Waals surface area contributed by atoms with Gasteiger partial charge in [-0.2, -0.15) is 0 Å². The van der Waals surface area contributed by atoms with Gasteiger partial charge in [-0.1, -0.05) is 11.6 Å². The highest BCUT2D eigenvalue weighted by molar-refractivity contribution is 14.1. The second kappa shape index (κ2) is 5.83. The van der Waals surface area contributed by atoms with Crippen LogP contribution in [0.3, 0.4) is 0 Å². The lowest BCUT2D eigenvalue weighted by molar-refractivity contribution is 0.102. The number of carbonyl (C=O) groups excluding carboxylic acids is 1. The quantitative estimate of drug-likeness (QED) is 0.749. The molecule has 98 valence electrons. The minimum atomic E-state index is -0.545. The summed E-state index contributed by atoms with van der Waals surface area (Å²) in [6.07, 6.45) is 0. The van der Waals surface area contributed by atoms with Gasteiger partial charge >= 0.3 is 0 Å². The van der Waals surface area contributed by atoms with Gasteiger partial charge < -0.3 is 5.32 Å². The van der Waals surface area contributed by atoms with Crippen molar-refractivity contribution in [2.45, 2.75) is 0 Å². The van der Waals surface area contributed by atoms with Crippen molar-refractivity contribution in [3.8, 4) is 0 Å². The summed E-state index contributed by atoms with van der Waals surface area (Å²) >= 11 is 7.55. The van der Waals surface area contributed by atoms with Crippen molar-refractivity contribution < 1.29 is 13.6 Å². The summed E-state index contributed by atoms with van der Waals surface area (Å²) in [6.45, 7) is 0. The van der Waals surface area contributed by atoms with E-state index in [0.29, 0.717) is 9.13 Å². The van der Waals surface area contributed by atoms with Crippen molar-refractivity contribution in [3.63, 3.8) is 0 Å². The van der Waals surface area contributed by atoms with Crippen molar-refractivity contribution >= 4 is 45.8 Å². The first kappa shape index (κ1) is 14.2. The van der Waals surface area contributed by atoms with E-state index in [-0.39, 0.29) is 10.7 Å². The fraction of sp³-hybridized carbons (Fsp3) is 0. The van der Waals surface area contributed by atoms with Crippen LogP contribution in [0.4, 0.5) is 14.5 Å². The third-order valence-electron chi connectivity index (χ3n) is 2.30. The molecule has 0 atom stereocenters. The Morgan fingerprint density at radius 1 is 1.11 bits per heavy atom. The molecule has 0 unspecified atom stereocenters. The molecule has 0 heterocycles. The molecule has 0 aliphatic rings. The summed E-state index contributed by atoms with van der Waals surface area (Å²) in [5.41, 5.74) is 0.553. The van der Waals surface area contributed by atoms with Gasteiger partial charge in [-0.05, 0) is 59.0 Å². The van der Waals surface area contributed by atoms with E-state index in [1.807, 2.05) is 22.6 Å². The number of halogens is 4. The maximum Gasteiger partial charge on any atom is 0.256 e. The van der Waals surface area contributed by atoms with Crippen LogP contribution in [0.15, 0.2) is 36.4 Å². The van der Waals surface area contributed by atoms with E-state index in [2.05, 4.69) is 5.32 Å². The monoisotopic (exact) mass is 393 g/mol. The maximum absolute atomic E-state index is 13.1. The second-order valence-corrected chi connectivity index (χ2v) is 5.34. The predicted octanol–water partition coefficient (Wildman–Crippen LogP) is 4.48. The highest BCUT2D eigenvalue weighted by Gasteiger charge is 2.11. The van der Waals surface area contributed by atoms with Gasteiger partial charge in [-0.3, -0.25) is 4.79 Å². The standard InChI is InChI=1S/C13H7ClF2INO/c14-7-3-9(16)5-10(4-7)18-13(19)11-2-1-8(15)6-12(11)17/h1-6H,(H,18,19). The Balaban J connectivity index is 2.25. The summed E-state index contributed by atoms with van der Waals surface area (Å²) in [6, 6.07) is 7.52. The zero-order valence-electron chi connectivity index (χ0n) is 9.38. The largest absolute Gasteiger partial charge is 0.322 e. The van der Waals surface area contributed by atoms with E-state index in [9.17, 15) is 13.6 Å². The lowest BCUT2D eigenvalue weighted by Gasteiger charge is -2.07. The van der Waals surface area contributed by atoms with Gasteiger partial charge in [0, 0.05) is 14.3 Å². The highest BCUT2D eigenvalue weighted by Crippen LogP contribution is 2.20. The van der Waals surface area contributed by atoms with Gasteiger partial charge in [-0.25, -0.2) is 8.78 Å². The Labute approximate surface area is 126 Å². The molecule has 0 saturated carbocycles. The third-order valence-corrected chi connectivity index (χ3v) is 3.41. The average Bonchev–Trinajstić information content (AvgIpc) is 2.26. The molecule has 0 radical (unpaired) electrons. The Hall–Kier alpha value is -1.21. The number of anilines is 1. The third kappa shape index (κ3) is 3.63. The number of hydrogen-bond donors (Lipinski definition) is 1. The van der Waals surface area contributed by atoms with Crippen LogP contribution in [0, 0.1) is 15.2 Å². The first-order valence-electron chi connectivity index (χ1n) is 5.18. The second-order valence-electron chi connectivity index (χ2n) is 3.74. The van der Waals surface area contributed by atoms with E-state index in [4.69, 9.17) is 11.6 Å².